The summed E-state index contributed by atoms with van der Waals surface area (Å²) in [5, 5.41) is 7.00. The number of amides is 2. The maximum absolute atomic E-state index is 12.5. The minimum atomic E-state index is -0.439. The van der Waals surface area contributed by atoms with E-state index in [4.69, 9.17) is 55.9 Å². The molecular formula is C29H23Cl3N4O4S. The number of benzene rings is 2. The number of piperazine rings is 1. The van der Waals surface area contributed by atoms with Crippen LogP contribution in [0.5, 0.6) is 0 Å². The predicted molar refractivity (Wildman–Crippen MR) is 166 cm³/mol. The summed E-state index contributed by atoms with van der Waals surface area (Å²) in [5.41, 5.74) is 2.12. The summed E-state index contributed by atoms with van der Waals surface area (Å²) in [4.78, 5) is 28.8. The standard InChI is InChI=1S/C29H23Cl3N4O4S/c30-21-4-1-3-20(27(21)32)24-10-7-19(40-24)8-11-26(37)34-29(41)33-18-6-9-23(22(31)17-18)35-12-14-36(15-13-35)28(38)25-5-2-16-39-25/h1-11,16-17H,12-15H2,(H2,33,34,37,41)/b11-8+. The minimum Gasteiger partial charge on any atom is -0.459 e. The van der Waals surface area contributed by atoms with Gasteiger partial charge in [-0.05, 0) is 72.9 Å². The van der Waals surface area contributed by atoms with Gasteiger partial charge in [-0.2, -0.15) is 0 Å². The first-order valence-electron chi connectivity index (χ1n) is 12.5. The lowest BCUT2D eigenvalue weighted by Crippen LogP contribution is -2.48. The maximum atomic E-state index is 12.5. The van der Waals surface area contributed by atoms with Crippen LogP contribution >= 0.6 is 47.0 Å². The Kier molecular flexibility index (Phi) is 8.99. The van der Waals surface area contributed by atoms with Gasteiger partial charge in [0.1, 0.15) is 11.5 Å². The molecule has 1 aliphatic rings. The molecule has 0 atom stereocenters. The zero-order chi connectivity index (χ0) is 28.9. The molecule has 2 N–H and O–H groups in total. The Hall–Kier alpha value is -3.76. The molecule has 8 nitrogen and oxygen atoms in total. The number of hydrogen-bond acceptors (Lipinski definition) is 6. The van der Waals surface area contributed by atoms with Gasteiger partial charge < -0.3 is 24.0 Å². The summed E-state index contributed by atoms with van der Waals surface area (Å²) in [7, 11) is 0. The van der Waals surface area contributed by atoms with Crippen molar-refractivity contribution in [2.24, 2.45) is 0 Å². The smallest absolute Gasteiger partial charge is 0.289 e. The van der Waals surface area contributed by atoms with Crippen molar-refractivity contribution in [1.82, 2.24) is 10.2 Å². The van der Waals surface area contributed by atoms with E-state index in [1.165, 1.54) is 18.4 Å². The van der Waals surface area contributed by atoms with Crippen LogP contribution in [0.2, 0.25) is 15.1 Å². The second-order valence-corrected chi connectivity index (χ2v) is 10.6. The van der Waals surface area contributed by atoms with Crippen LogP contribution in [0.25, 0.3) is 17.4 Å². The number of anilines is 2. The number of nitrogens with zero attached hydrogens (tertiary/aromatic N) is 2. The predicted octanol–water partition coefficient (Wildman–Crippen LogP) is 6.99. The molecule has 0 bridgehead atoms. The van der Waals surface area contributed by atoms with E-state index >= 15 is 0 Å². The summed E-state index contributed by atoms with van der Waals surface area (Å²) in [6, 6.07) is 17.5. The van der Waals surface area contributed by atoms with Crippen LogP contribution in [-0.2, 0) is 4.79 Å². The third-order valence-electron chi connectivity index (χ3n) is 6.32. The molecule has 2 aromatic carbocycles. The molecule has 12 heteroatoms. The van der Waals surface area contributed by atoms with Gasteiger partial charge in [-0.1, -0.05) is 40.9 Å². The zero-order valence-corrected chi connectivity index (χ0v) is 24.5. The first-order valence-corrected chi connectivity index (χ1v) is 14.0. The summed E-state index contributed by atoms with van der Waals surface area (Å²) in [5.74, 6) is 0.755. The number of carbonyl (C=O) groups is 2. The summed E-state index contributed by atoms with van der Waals surface area (Å²) in [6.45, 7) is 2.35. The second kappa shape index (κ2) is 12.8. The molecule has 0 saturated carbocycles. The van der Waals surface area contributed by atoms with E-state index in [-0.39, 0.29) is 11.0 Å². The van der Waals surface area contributed by atoms with Crippen molar-refractivity contribution < 1.29 is 18.4 Å². The molecular weight excluding hydrogens is 607 g/mol. The molecule has 210 valence electrons. The average molecular weight is 630 g/mol. The molecule has 1 saturated heterocycles. The third-order valence-corrected chi connectivity index (χ3v) is 7.65. The van der Waals surface area contributed by atoms with Crippen LogP contribution in [0.15, 0.2) is 81.8 Å². The Morgan fingerprint density at radius 1 is 0.927 bits per heavy atom. The van der Waals surface area contributed by atoms with E-state index in [0.717, 1.165) is 5.69 Å². The Labute approximate surface area is 256 Å². The molecule has 4 aromatic rings. The van der Waals surface area contributed by atoms with E-state index in [2.05, 4.69) is 15.5 Å². The fraction of sp³-hybridized carbons (Fsp3) is 0.138. The Bertz CT molecular complexity index is 1610. The van der Waals surface area contributed by atoms with Crippen LogP contribution in [0, 0.1) is 0 Å². The number of rotatable bonds is 6. The van der Waals surface area contributed by atoms with Gasteiger partial charge in [0.2, 0.25) is 5.91 Å². The summed E-state index contributed by atoms with van der Waals surface area (Å²) >= 11 is 24.2. The van der Waals surface area contributed by atoms with E-state index in [1.807, 2.05) is 12.1 Å². The van der Waals surface area contributed by atoms with Gasteiger partial charge in [-0.3, -0.25) is 14.9 Å². The number of hydrogen-bond donors (Lipinski definition) is 2. The van der Waals surface area contributed by atoms with Gasteiger partial charge >= 0.3 is 0 Å². The average Bonchev–Trinajstić information content (AvgIpc) is 3.66. The van der Waals surface area contributed by atoms with Crippen LogP contribution in [0.3, 0.4) is 0 Å². The molecule has 0 aliphatic carbocycles. The summed E-state index contributed by atoms with van der Waals surface area (Å²) < 4.78 is 11.0. The largest absolute Gasteiger partial charge is 0.459 e. The van der Waals surface area contributed by atoms with E-state index in [9.17, 15) is 9.59 Å². The van der Waals surface area contributed by atoms with Crippen molar-refractivity contribution >= 4 is 81.4 Å². The van der Waals surface area contributed by atoms with Gasteiger partial charge in [0.15, 0.2) is 10.9 Å². The van der Waals surface area contributed by atoms with Crippen molar-refractivity contribution in [3.63, 3.8) is 0 Å². The molecule has 5 rings (SSSR count). The highest BCUT2D eigenvalue weighted by Crippen LogP contribution is 2.34. The van der Waals surface area contributed by atoms with Crippen LogP contribution < -0.4 is 15.5 Å². The van der Waals surface area contributed by atoms with Gasteiger partial charge in [-0.25, -0.2) is 0 Å². The van der Waals surface area contributed by atoms with Gasteiger partial charge in [0, 0.05) is 43.5 Å². The molecule has 2 amide bonds. The first-order chi connectivity index (χ1) is 19.8. The van der Waals surface area contributed by atoms with E-state index < -0.39 is 5.91 Å². The third kappa shape index (κ3) is 6.94. The quantitative estimate of drug-likeness (QED) is 0.176. The Morgan fingerprint density at radius 3 is 2.46 bits per heavy atom. The zero-order valence-electron chi connectivity index (χ0n) is 21.4. The number of furan rings is 2. The van der Waals surface area contributed by atoms with E-state index in [0.29, 0.717) is 69.8 Å². The molecule has 1 fully saturated rings. The van der Waals surface area contributed by atoms with Crippen molar-refractivity contribution in [3.05, 3.63) is 99.6 Å². The lowest BCUT2D eigenvalue weighted by molar-refractivity contribution is -0.115. The summed E-state index contributed by atoms with van der Waals surface area (Å²) in [6.07, 6.45) is 4.32. The molecule has 0 radical (unpaired) electrons. The highest BCUT2D eigenvalue weighted by molar-refractivity contribution is 7.80. The van der Waals surface area contributed by atoms with Gasteiger partial charge in [-0.15, -0.1) is 0 Å². The fourth-order valence-corrected chi connectivity index (χ4v) is 5.21. The molecule has 1 aliphatic heterocycles. The topological polar surface area (TPSA) is 91.0 Å². The normalized spacial score (nSPS) is 13.4. The van der Waals surface area contributed by atoms with Gasteiger partial charge in [0.25, 0.3) is 5.91 Å². The van der Waals surface area contributed by atoms with Gasteiger partial charge in [0.05, 0.1) is 27.0 Å². The second-order valence-electron chi connectivity index (χ2n) is 9.00. The van der Waals surface area contributed by atoms with E-state index in [1.54, 1.807) is 53.4 Å². The van der Waals surface area contributed by atoms with Crippen molar-refractivity contribution in [2.45, 2.75) is 0 Å². The van der Waals surface area contributed by atoms with Crippen molar-refractivity contribution in [3.8, 4) is 11.3 Å². The lowest BCUT2D eigenvalue weighted by Gasteiger charge is -2.36. The Morgan fingerprint density at radius 2 is 1.73 bits per heavy atom. The molecule has 0 spiro atoms. The SMILES string of the molecule is O=C(/C=C/c1ccc(-c2cccc(Cl)c2Cl)o1)NC(=S)Nc1ccc(N2CCN(C(=O)c3ccco3)CC2)c(Cl)c1. The molecule has 41 heavy (non-hydrogen) atoms. The number of thiocarbonyl (C=S) groups is 1. The Balaban J connectivity index is 1.12. The monoisotopic (exact) mass is 628 g/mol. The molecule has 0 unspecified atom stereocenters. The highest BCUT2D eigenvalue weighted by Gasteiger charge is 2.24. The van der Waals surface area contributed by atoms with Crippen LogP contribution in [0.1, 0.15) is 16.3 Å². The van der Waals surface area contributed by atoms with Crippen molar-refractivity contribution in [2.75, 3.05) is 36.4 Å². The lowest BCUT2D eigenvalue weighted by atomic mass is 10.2. The van der Waals surface area contributed by atoms with Crippen LogP contribution in [0.4, 0.5) is 11.4 Å². The minimum absolute atomic E-state index is 0.111. The first kappa shape index (κ1) is 28.8. The highest BCUT2D eigenvalue weighted by atomic mass is 35.5. The number of nitrogens with one attached hydrogen (secondary N) is 2. The fourth-order valence-electron chi connectivity index (χ4n) is 4.30. The molecule has 3 heterocycles. The molecule has 2 aromatic heterocycles. The van der Waals surface area contributed by atoms with Crippen LogP contribution in [-0.4, -0.2) is 48.0 Å². The number of halogens is 3. The van der Waals surface area contributed by atoms with Crippen molar-refractivity contribution in [1.29, 1.82) is 0 Å². The maximum Gasteiger partial charge on any atom is 0.289 e. The number of carbonyl (C=O) groups excluding carboxylic acids is 2.